The first-order valence-electron chi connectivity index (χ1n) is 7.30. The monoisotopic (exact) mass is 318 g/mol. The minimum atomic E-state index is -3.31. The fourth-order valence-corrected chi connectivity index (χ4v) is 3.15. The Morgan fingerprint density at radius 2 is 1.90 bits per heavy atom. The highest BCUT2D eigenvalue weighted by Gasteiger charge is 2.37. The molecule has 1 aliphatic rings. The van der Waals surface area contributed by atoms with Gasteiger partial charge in [0, 0.05) is 6.54 Å². The van der Waals surface area contributed by atoms with Crippen LogP contribution in [0.2, 0.25) is 0 Å². The van der Waals surface area contributed by atoms with Gasteiger partial charge in [0.25, 0.3) is 0 Å². The van der Waals surface area contributed by atoms with Crippen molar-refractivity contribution >= 4 is 21.7 Å². The number of rotatable bonds is 5. The molecule has 122 valence electrons. The molecule has 0 aromatic rings. The topological polar surface area (TPSA) is 83.6 Å². The first kappa shape index (κ1) is 17.9. The van der Waals surface area contributed by atoms with E-state index in [1.54, 1.807) is 20.8 Å². The van der Waals surface area contributed by atoms with Crippen LogP contribution in [0, 0.1) is 5.92 Å². The summed E-state index contributed by atoms with van der Waals surface area (Å²) >= 11 is 0. The van der Waals surface area contributed by atoms with Crippen LogP contribution < -0.4 is 5.32 Å². The molecule has 1 fully saturated rings. The van der Waals surface area contributed by atoms with Crippen LogP contribution >= 0.6 is 0 Å². The SMILES string of the molecule is CCC(C)C1NC(=O)CN(CCS(=O)(=O)C(C)(C)C)C1=O. The number of sulfone groups is 1. The number of amides is 2. The van der Waals surface area contributed by atoms with Gasteiger partial charge in [-0.2, -0.15) is 0 Å². The van der Waals surface area contributed by atoms with Crippen LogP contribution in [0.15, 0.2) is 0 Å². The van der Waals surface area contributed by atoms with Crippen molar-refractivity contribution in [2.24, 2.45) is 5.92 Å². The van der Waals surface area contributed by atoms with Gasteiger partial charge < -0.3 is 10.2 Å². The third-order valence-electron chi connectivity index (χ3n) is 4.00. The molecule has 1 rings (SSSR count). The molecule has 0 aromatic carbocycles. The van der Waals surface area contributed by atoms with Gasteiger partial charge in [-0.3, -0.25) is 9.59 Å². The Labute approximate surface area is 127 Å². The second kappa shape index (κ2) is 6.34. The second-order valence-electron chi connectivity index (χ2n) is 6.62. The predicted octanol–water partition coefficient (Wildman–Crippen LogP) is 0.573. The van der Waals surface area contributed by atoms with Gasteiger partial charge in [0.1, 0.15) is 6.04 Å². The molecule has 7 heteroatoms. The van der Waals surface area contributed by atoms with Crippen molar-refractivity contribution in [1.29, 1.82) is 0 Å². The van der Waals surface area contributed by atoms with Crippen molar-refractivity contribution in [2.75, 3.05) is 18.8 Å². The van der Waals surface area contributed by atoms with E-state index in [4.69, 9.17) is 0 Å². The molecule has 1 saturated heterocycles. The molecule has 1 heterocycles. The zero-order chi connectivity index (χ0) is 16.4. The van der Waals surface area contributed by atoms with Gasteiger partial charge in [-0.25, -0.2) is 8.42 Å². The zero-order valence-corrected chi connectivity index (χ0v) is 14.3. The molecule has 6 nitrogen and oxygen atoms in total. The summed E-state index contributed by atoms with van der Waals surface area (Å²) in [5, 5.41) is 2.69. The Morgan fingerprint density at radius 3 is 2.38 bits per heavy atom. The van der Waals surface area contributed by atoms with Crippen LogP contribution in [0.4, 0.5) is 0 Å². The van der Waals surface area contributed by atoms with Crippen molar-refractivity contribution in [1.82, 2.24) is 10.2 Å². The van der Waals surface area contributed by atoms with Crippen LogP contribution in [-0.2, 0) is 19.4 Å². The largest absolute Gasteiger partial charge is 0.342 e. The first-order valence-corrected chi connectivity index (χ1v) is 8.95. The lowest BCUT2D eigenvalue weighted by Crippen LogP contribution is -2.60. The average molecular weight is 318 g/mol. The van der Waals surface area contributed by atoms with E-state index in [-0.39, 0.29) is 36.6 Å². The van der Waals surface area contributed by atoms with Crippen LogP contribution in [0.5, 0.6) is 0 Å². The third-order valence-corrected chi connectivity index (χ3v) is 6.59. The standard InChI is InChI=1S/C14H26N2O4S/c1-6-10(2)12-13(18)16(9-11(17)15-12)7-8-21(19,20)14(3,4)5/h10,12H,6-9H2,1-5H3,(H,15,17). The van der Waals surface area contributed by atoms with E-state index in [1.165, 1.54) is 4.90 Å². The molecule has 2 amide bonds. The van der Waals surface area contributed by atoms with E-state index in [2.05, 4.69) is 5.32 Å². The van der Waals surface area contributed by atoms with Gasteiger partial charge in [-0.15, -0.1) is 0 Å². The van der Waals surface area contributed by atoms with E-state index in [9.17, 15) is 18.0 Å². The van der Waals surface area contributed by atoms with E-state index < -0.39 is 20.6 Å². The van der Waals surface area contributed by atoms with Crippen LogP contribution in [-0.4, -0.2) is 54.8 Å². The quantitative estimate of drug-likeness (QED) is 0.803. The molecule has 0 spiro atoms. The summed E-state index contributed by atoms with van der Waals surface area (Å²) in [6.45, 7) is 8.76. The third kappa shape index (κ3) is 4.18. The number of carbonyl (C=O) groups excluding carboxylic acids is 2. The Bertz CT molecular complexity index is 508. The lowest BCUT2D eigenvalue weighted by Gasteiger charge is -2.35. The molecule has 0 bridgehead atoms. The molecule has 0 saturated carbocycles. The number of hydrogen-bond donors (Lipinski definition) is 1. The summed E-state index contributed by atoms with van der Waals surface area (Å²) in [5.74, 6) is -0.507. The smallest absolute Gasteiger partial charge is 0.245 e. The van der Waals surface area contributed by atoms with Gasteiger partial charge in [-0.1, -0.05) is 20.3 Å². The molecule has 0 aromatic heterocycles. The molecular formula is C14H26N2O4S. The Morgan fingerprint density at radius 1 is 1.33 bits per heavy atom. The maximum absolute atomic E-state index is 12.4. The molecule has 2 unspecified atom stereocenters. The molecule has 1 aliphatic heterocycles. The Hall–Kier alpha value is -1.11. The van der Waals surface area contributed by atoms with E-state index in [1.807, 2.05) is 13.8 Å². The average Bonchev–Trinajstić information content (AvgIpc) is 2.37. The highest BCUT2D eigenvalue weighted by Crippen LogP contribution is 2.18. The molecule has 21 heavy (non-hydrogen) atoms. The fourth-order valence-electron chi connectivity index (χ4n) is 2.08. The van der Waals surface area contributed by atoms with Crippen LogP contribution in [0.1, 0.15) is 41.0 Å². The summed E-state index contributed by atoms with van der Waals surface area (Å²) in [6.07, 6.45) is 0.769. The molecular weight excluding hydrogens is 292 g/mol. The summed E-state index contributed by atoms with van der Waals surface area (Å²) in [6, 6.07) is -0.548. The van der Waals surface area contributed by atoms with Crippen molar-refractivity contribution in [3.63, 3.8) is 0 Å². The molecule has 2 atom stereocenters. The van der Waals surface area contributed by atoms with Crippen molar-refractivity contribution in [2.45, 2.75) is 51.8 Å². The highest BCUT2D eigenvalue weighted by atomic mass is 32.2. The van der Waals surface area contributed by atoms with Gasteiger partial charge in [0.2, 0.25) is 11.8 Å². The first-order chi connectivity index (χ1) is 9.49. The zero-order valence-electron chi connectivity index (χ0n) is 13.5. The van der Waals surface area contributed by atoms with Crippen molar-refractivity contribution in [3.8, 4) is 0 Å². The summed E-state index contributed by atoms with van der Waals surface area (Å²) < 4.78 is 23.4. The number of nitrogens with zero attached hydrogens (tertiary/aromatic N) is 1. The molecule has 0 radical (unpaired) electrons. The van der Waals surface area contributed by atoms with Crippen molar-refractivity contribution in [3.05, 3.63) is 0 Å². The maximum atomic E-state index is 12.4. The minimum Gasteiger partial charge on any atom is -0.342 e. The van der Waals surface area contributed by atoms with Crippen molar-refractivity contribution < 1.29 is 18.0 Å². The van der Waals surface area contributed by atoms with E-state index in [0.29, 0.717) is 0 Å². The number of nitrogens with one attached hydrogen (secondary N) is 1. The number of hydrogen-bond acceptors (Lipinski definition) is 4. The summed E-state index contributed by atoms with van der Waals surface area (Å²) in [7, 11) is -3.31. The summed E-state index contributed by atoms with van der Waals surface area (Å²) in [5.41, 5.74) is 0. The van der Waals surface area contributed by atoms with Gasteiger partial charge in [0.15, 0.2) is 9.84 Å². The van der Waals surface area contributed by atoms with E-state index in [0.717, 1.165) is 6.42 Å². The lowest BCUT2D eigenvalue weighted by molar-refractivity contribution is -0.145. The normalized spacial score (nSPS) is 22.1. The second-order valence-corrected chi connectivity index (χ2v) is 9.48. The van der Waals surface area contributed by atoms with Crippen LogP contribution in [0.3, 0.4) is 0 Å². The fraction of sp³-hybridized carbons (Fsp3) is 0.857. The molecule has 0 aliphatic carbocycles. The Balaban J connectivity index is 2.79. The van der Waals surface area contributed by atoms with Crippen LogP contribution in [0.25, 0.3) is 0 Å². The number of piperazine rings is 1. The summed E-state index contributed by atoms with van der Waals surface area (Å²) in [4.78, 5) is 25.4. The van der Waals surface area contributed by atoms with Gasteiger partial charge in [0.05, 0.1) is 17.0 Å². The Kier molecular flexibility index (Phi) is 5.41. The van der Waals surface area contributed by atoms with Gasteiger partial charge >= 0.3 is 0 Å². The van der Waals surface area contributed by atoms with E-state index >= 15 is 0 Å². The highest BCUT2D eigenvalue weighted by molar-refractivity contribution is 7.92. The lowest BCUT2D eigenvalue weighted by atomic mass is 9.96. The predicted molar refractivity (Wildman–Crippen MR) is 81.5 cm³/mol. The maximum Gasteiger partial charge on any atom is 0.245 e. The minimum absolute atomic E-state index is 0.0310. The number of carbonyl (C=O) groups is 2. The van der Waals surface area contributed by atoms with Gasteiger partial charge in [-0.05, 0) is 26.7 Å². The molecule has 1 N–H and O–H groups in total.